The average molecular weight is 954 g/mol. The van der Waals surface area contributed by atoms with Crippen LogP contribution in [0.15, 0.2) is 0 Å². The Balaban J connectivity index is 5.44. The van der Waals surface area contributed by atoms with Crippen LogP contribution in [0.3, 0.4) is 0 Å². The lowest BCUT2D eigenvalue weighted by molar-refractivity contribution is -0.130. The van der Waals surface area contributed by atoms with Crippen molar-refractivity contribution in [2.45, 2.75) is 200 Å². The predicted octanol–water partition coefficient (Wildman–Crippen LogP) is 5.81. The highest BCUT2D eigenvalue weighted by molar-refractivity contribution is 5.78. The lowest BCUT2D eigenvalue weighted by atomic mass is 10.0. The minimum absolute atomic E-state index is 0.0245. The Kier molecular flexibility index (Phi) is 43.3. The summed E-state index contributed by atoms with van der Waals surface area (Å²) in [6.45, 7) is 11.4. The molecule has 0 aliphatic rings. The Morgan fingerprint density at radius 3 is 0.940 bits per heavy atom. The maximum absolute atomic E-state index is 13.6. The second kappa shape index (κ2) is 45.9. The first-order valence-corrected chi connectivity index (χ1v) is 26.1. The maximum atomic E-state index is 13.6. The van der Waals surface area contributed by atoms with Crippen LogP contribution in [0.1, 0.15) is 195 Å². The largest absolute Gasteiger partial charge is 0.378 e. The second-order valence-electron chi connectivity index (χ2n) is 17.6. The fraction of sp³-hybridized carbons (Fsp3) is 0.860. The van der Waals surface area contributed by atoms with E-state index in [2.05, 4.69) is 44.1 Å². The maximum Gasteiger partial charge on any atom is 0.222 e. The summed E-state index contributed by atoms with van der Waals surface area (Å²) in [6.07, 6.45) is 20.5. The highest BCUT2D eigenvalue weighted by Crippen LogP contribution is 2.14. The number of carbonyl (C=O) groups is 7. The molecule has 0 atom stereocenters. The quantitative estimate of drug-likeness (QED) is 0.0362. The summed E-state index contributed by atoms with van der Waals surface area (Å²) >= 11 is 0. The van der Waals surface area contributed by atoms with Crippen molar-refractivity contribution in [3.05, 3.63) is 0 Å². The molecule has 0 rings (SSSR count). The van der Waals surface area contributed by atoms with Crippen LogP contribution < -0.4 is 37.2 Å². The third kappa shape index (κ3) is 42.0. The smallest absolute Gasteiger partial charge is 0.222 e. The molecule has 17 heteroatoms. The number of rotatable bonds is 48. The van der Waals surface area contributed by atoms with Crippen LogP contribution in [0.4, 0.5) is 0 Å². The lowest BCUT2D eigenvalue weighted by Crippen LogP contribution is -2.58. The monoisotopic (exact) mass is 954 g/mol. The van der Waals surface area contributed by atoms with Gasteiger partial charge >= 0.3 is 0 Å². The third-order valence-corrected chi connectivity index (χ3v) is 11.1. The van der Waals surface area contributed by atoms with Crippen molar-refractivity contribution in [2.24, 2.45) is 0 Å². The van der Waals surface area contributed by atoms with E-state index in [4.69, 9.17) is 14.2 Å². The molecule has 0 bridgehead atoms. The molecule has 0 aromatic heterocycles. The van der Waals surface area contributed by atoms with Gasteiger partial charge in [-0.05, 0) is 70.6 Å². The molecule has 67 heavy (non-hydrogen) atoms. The summed E-state index contributed by atoms with van der Waals surface area (Å²) in [4.78, 5) is 86.1. The molecular formula is C50H95N7O10. The first-order valence-electron chi connectivity index (χ1n) is 26.1. The Morgan fingerprint density at radius 2 is 0.612 bits per heavy atom. The minimum Gasteiger partial charge on any atom is -0.378 e. The van der Waals surface area contributed by atoms with Gasteiger partial charge in [0.2, 0.25) is 41.4 Å². The van der Waals surface area contributed by atoms with E-state index in [9.17, 15) is 33.6 Å². The normalized spacial score (nSPS) is 11.2. The van der Waals surface area contributed by atoms with E-state index in [0.717, 1.165) is 89.9 Å². The number of unbranched alkanes of at least 4 members (excludes halogenated alkanes) is 14. The van der Waals surface area contributed by atoms with E-state index in [1.807, 2.05) is 20.8 Å². The highest BCUT2D eigenvalue weighted by Gasteiger charge is 2.34. The molecule has 0 fully saturated rings. The van der Waals surface area contributed by atoms with Crippen LogP contribution in [0.2, 0.25) is 0 Å². The molecular weight excluding hydrogens is 859 g/mol. The Morgan fingerprint density at radius 1 is 0.313 bits per heavy atom. The summed E-state index contributed by atoms with van der Waals surface area (Å²) in [7, 11) is 0. The van der Waals surface area contributed by atoms with Gasteiger partial charge in [-0.3, -0.25) is 33.6 Å². The standard InChI is InChI=1S/C50H95N7O10/c1-5-9-10-11-12-13-14-15-19-27-49(64)57-50(40-65-37-28-46(61)54-34-23-16-20-31-51-43(58)7-3,41-66-38-29-47(62)55-35-24-17-21-32-52-44(59)8-4)42-67-39-30-48(63)56-36-25-18-22-33-53-45(60)26-6-2/h5-42H2,1-4H3,(H,51,58)(H,52,59)(H,53,60)(H,54,61)(H,55,62)(H,56,63)(H,57,64). The molecule has 0 aromatic rings. The number of amides is 7. The zero-order chi connectivity index (χ0) is 49.5. The molecule has 17 nitrogen and oxygen atoms in total. The van der Waals surface area contributed by atoms with Crippen LogP contribution in [0, 0.1) is 0 Å². The lowest BCUT2D eigenvalue weighted by Gasteiger charge is -2.34. The summed E-state index contributed by atoms with van der Waals surface area (Å²) < 4.78 is 18.2. The number of hydrogen-bond donors (Lipinski definition) is 7. The zero-order valence-electron chi connectivity index (χ0n) is 42.5. The van der Waals surface area contributed by atoms with Gasteiger partial charge in [0.15, 0.2) is 0 Å². The molecule has 7 N–H and O–H groups in total. The van der Waals surface area contributed by atoms with Gasteiger partial charge in [0.05, 0.1) is 39.6 Å². The zero-order valence-corrected chi connectivity index (χ0v) is 42.5. The van der Waals surface area contributed by atoms with E-state index < -0.39 is 5.54 Å². The van der Waals surface area contributed by atoms with E-state index in [0.29, 0.717) is 65.0 Å². The van der Waals surface area contributed by atoms with Gasteiger partial charge in [0.1, 0.15) is 5.54 Å². The minimum atomic E-state index is -1.16. The first kappa shape index (κ1) is 63.2. The van der Waals surface area contributed by atoms with Crippen molar-refractivity contribution in [3.8, 4) is 0 Å². The Labute approximate surface area is 404 Å². The van der Waals surface area contributed by atoms with E-state index in [1.54, 1.807) is 0 Å². The molecule has 0 radical (unpaired) electrons. The van der Waals surface area contributed by atoms with Gasteiger partial charge in [-0.25, -0.2) is 0 Å². The predicted molar refractivity (Wildman–Crippen MR) is 264 cm³/mol. The van der Waals surface area contributed by atoms with Gasteiger partial charge < -0.3 is 51.4 Å². The fourth-order valence-electron chi connectivity index (χ4n) is 6.96. The van der Waals surface area contributed by atoms with Gasteiger partial charge in [0, 0.05) is 84.2 Å². The van der Waals surface area contributed by atoms with Gasteiger partial charge in [0.25, 0.3) is 0 Å². The molecule has 0 unspecified atom stereocenters. The molecule has 0 aromatic carbocycles. The number of carbonyl (C=O) groups excluding carboxylic acids is 7. The summed E-state index contributed by atoms with van der Waals surface area (Å²) in [5.74, 6) is -0.547. The van der Waals surface area contributed by atoms with Gasteiger partial charge in [-0.1, -0.05) is 79.1 Å². The van der Waals surface area contributed by atoms with Crippen LogP contribution in [0.5, 0.6) is 0 Å². The molecule has 0 aliphatic carbocycles. The van der Waals surface area contributed by atoms with Crippen molar-refractivity contribution in [3.63, 3.8) is 0 Å². The third-order valence-electron chi connectivity index (χ3n) is 11.1. The summed E-state index contributed by atoms with van der Waals surface area (Å²) in [6, 6.07) is 0. The highest BCUT2D eigenvalue weighted by atomic mass is 16.5. The number of ether oxygens (including phenoxy) is 3. The van der Waals surface area contributed by atoms with E-state index in [1.165, 1.54) is 32.1 Å². The van der Waals surface area contributed by atoms with E-state index in [-0.39, 0.29) is 100 Å². The van der Waals surface area contributed by atoms with Crippen molar-refractivity contribution >= 4 is 41.4 Å². The summed E-state index contributed by atoms with van der Waals surface area (Å²) in [5.41, 5.74) is -1.16. The second-order valence-corrected chi connectivity index (χ2v) is 17.6. The Hall–Kier alpha value is -3.83. The van der Waals surface area contributed by atoms with Gasteiger partial charge in [-0.15, -0.1) is 0 Å². The van der Waals surface area contributed by atoms with Crippen LogP contribution in [-0.2, 0) is 47.8 Å². The van der Waals surface area contributed by atoms with Crippen molar-refractivity contribution < 1.29 is 47.8 Å². The van der Waals surface area contributed by atoms with Crippen molar-refractivity contribution in [1.29, 1.82) is 0 Å². The molecule has 0 saturated heterocycles. The average Bonchev–Trinajstić information content (AvgIpc) is 3.31. The first-order chi connectivity index (χ1) is 32.5. The fourth-order valence-corrected chi connectivity index (χ4v) is 6.96. The van der Waals surface area contributed by atoms with Crippen LogP contribution in [0.25, 0.3) is 0 Å². The molecule has 0 heterocycles. The SMILES string of the molecule is CCCCCCCCCCCC(=O)NC(COCCC(=O)NCCCCCNC(=O)CC)(COCCC(=O)NCCCCCNC(=O)CC)COCCC(=O)NCCCCCNC(=O)CCC. The summed E-state index contributed by atoms with van der Waals surface area (Å²) in [5, 5.41) is 20.5. The van der Waals surface area contributed by atoms with Crippen molar-refractivity contribution in [2.75, 3.05) is 78.9 Å². The molecule has 0 saturated carbocycles. The topological polar surface area (TPSA) is 231 Å². The molecule has 0 aliphatic heterocycles. The van der Waals surface area contributed by atoms with Crippen molar-refractivity contribution in [1.82, 2.24) is 37.2 Å². The van der Waals surface area contributed by atoms with E-state index >= 15 is 0 Å². The Bertz CT molecular complexity index is 1260. The number of hydrogen-bond acceptors (Lipinski definition) is 10. The van der Waals surface area contributed by atoms with Crippen LogP contribution >= 0.6 is 0 Å². The van der Waals surface area contributed by atoms with Crippen LogP contribution in [-0.4, -0.2) is 126 Å². The van der Waals surface area contributed by atoms with Gasteiger partial charge in [-0.2, -0.15) is 0 Å². The molecule has 7 amide bonds. The molecule has 0 spiro atoms. The molecule has 390 valence electrons. The number of nitrogens with one attached hydrogen (secondary N) is 7.